The fourth-order valence-corrected chi connectivity index (χ4v) is 5.45. The number of benzene rings is 2. The molecule has 9 heteroatoms. The lowest BCUT2D eigenvalue weighted by molar-refractivity contribution is -0.123. The number of hydrogen-bond acceptors (Lipinski definition) is 7. The summed E-state index contributed by atoms with van der Waals surface area (Å²) in [5, 5.41) is 17.1. The number of anilines is 1. The second-order valence-electron chi connectivity index (χ2n) is 8.50. The fourth-order valence-electron chi connectivity index (χ4n) is 4.80. The number of rotatable bonds is 4. The number of hydrogen-bond donors (Lipinski definition) is 0. The molecule has 0 bridgehead atoms. The highest BCUT2D eigenvalue weighted by Crippen LogP contribution is 2.31. The van der Waals surface area contributed by atoms with E-state index in [-0.39, 0.29) is 24.3 Å². The van der Waals surface area contributed by atoms with Crippen LogP contribution >= 0.6 is 11.3 Å². The first kappa shape index (κ1) is 20.2. The number of thiophene rings is 1. The van der Waals surface area contributed by atoms with Crippen LogP contribution in [0.3, 0.4) is 0 Å². The minimum absolute atomic E-state index is 0.132. The first-order valence-electron chi connectivity index (χ1n) is 11.1. The van der Waals surface area contributed by atoms with Gasteiger partial charge in [0.1, 0.15) is 0 Å². The van der Waals surface area contributed by atoms with Gasteiger partial charge in [-0.25, -0.2) is 4.90 Å². The molecule has 0 aliphatic carbocycles. The summed E-state index contributed by atoms with van der Waals surface area (Å²) in [6.07, 6.45) is 1.85. The Morgan fingerprint density at radius 2 is 1.76 bits per heavy atom. The van der Waals surface area contributed by atoms with Crippen molar-refractivity contribution in [2.24, 2.45) is 0 Å². The number of piperidine rings is 1. The van der Waals surface area contributed by atoms with Gasteiger partial charge in [-0.2, -0.15) is 4.80 Å². The molecule has 8 nitrogen and oxygen atoms in total. The molecule has 0 spiro atoms. The molecule has 1 atom stereocenters. The molecule has 0 N–H and O–H groups in total. The van der Waals surface area contributed by atoms with Crippen molar-refractivity contribution >= 4 is 39.6 Å². The van der Waals surface area contributed by atoms with Crippen molar-refractivity contribution in [1.29, 1.82) is 0 Å². The molecule has 0 unspecified atom stereocenters. The summed E-state index contributed by atoms with van der Waals surface area (Å²) in [7, 11) is 0. The minimum Gasteiger partial charge on any atom is -0.291 e. The number of carbonyl (C=O) groups is 2. The van der Waals surface area contributed by atoms with Crippen molar-refractivity contribution in [3.05, 3.63) is 60.0 Å². The Balaban J connectivity index is 1.14. The van der Waals surface area contributed by atoms with Gasteiger partial charge in [-0.05, 0) is 52.4 Å². The minimum atomic E-state index is -0.407. The Morgan fingerprint density at radius 1 is 0.939 bits per heavy atom. The van der Waals surface area contributed by atoms with Crippen LogP contribution in [0.25, 0.3) is 21.5 Å². The zero-order valence-electron chi connectivity index (χ0n) is 17.9. The molecule has 4 heterocycles. The van der Waals surface area contributed by atoms with Gasteiger partial charge in [-0.15, -0.1) is 21.5 Å². The van der Waals surface area contributed by atoms with Gasteiger partial charge in [-0.3, -0.25) is 14.5 Å². The summed E-state index contributed by atoms with van der Waals surface area (Å²) in [6.45, 7) is 1.44. The van der Waals surface area contributed by atoms with E-state index in [0.717, 1.165) is 41.6 Å². The molecule has 2 aliphatic rings. The van der Waals surface area contributed by atoms with E-state index in [4.69, 9.17) is 0 Å². The topological polar surface area (TPSA) is 84.2 Å². The van der Waals surface area contributed by atoms with Gasteiger partial charge in [0.2, 0.25) is 11.7 Å². The average molecular weight is 459 g/mol. The molecule has 0 saturated carbocycles. The lowest BCUT2D eigenvalue weighted by Crippen LogP contribution is -2.46. The summed E-state index contributed by atoms with van der Waals surface area (Å²) in [6, 6.07) is 17.4. The summed E-state index contributed by atoms with van der Waals surface area (Å²) >= 11 is 1.59. The van der Waals surface area contributed by atoms with E-state index >= 15 is 0 Å². The van der Waals surface area contributed by atoms with Gasteiger partial charge in [0, 0.05) is 13.1 Å². The third-order valence-corrected chi connectivity index (χ3v) is 7.42. The van der Waals surface area contributed by atoms with Crippen LogP contribution in [0.4, 0.5) is 5.69 Å². The molecule has 166 valence electrons. The van der Waals surface area contributed by atoms with Gasteiger partial charge in [0.25, 0.3) is 5.91 Å². The van der Waals surface area contributed by atoms with Gasteiger partial charge >= 0.3 is 0 Å². The number of aromatic nitrogens is 4. The lowest BCUT2D eigenvalue weighted by Gasteiger charge is -2.34. The molecule has 33 heavy (non-hydrogen) atoms. The van der Waals surface area contributed by atoms with Crippen molar-refractivity contribution in [2.75, 3.05) is 18.0 Å². The summed E-state index contributed by atoms with van der Waals surface area (Å²) in [5.74, 6) is 0.378. The van der Waals surface area contributed by atoms with E-state index in [1.165, 1.54) is 4.90 Å². The van der Waals surface area contributed by atoms with Gasteiger partial charge in [-0.1, -0.05) is 36.4 Å². The van der Waals surface area contributed by atoms with Crippen molar-refractivity contribution in [3.8, 4) is 10.7 Å². The maximum absolute atomic E-state index is 13.3. The van der Waals surface area contributed by atoms with Gasteiger partial charge < -0.3 is 0 Å². The van der Waals surface area contributed by atoms with Crippen LogP contribution in [-0.4, -0.2) is 56.1 Å². The number of carbonyl (C=O) groups excluding carboxylic acids is 2. The van der Waals surface area contributed by atoms with Crippen molar-refractivity contribution in [1.82, 2.24) is 25.1 Å². The predicted molar refractivity (Wildman–Crippen MR) is 126 cm³/mol. The first-order chi connectivity index (χ1) is 16.2. The summed E-state index contributed by atoms with van der Waals surface area (Å²) in [4.78, 5) is 32.3. The predicted octanol–water partition coefficient (Wildman–Crippen LogP) is 3.52. The number of likely N-dealkylation sites (tertiary alicyclic amines) is 1. The third-order valence-electron chi connectivity index (χ3n) is 6.55. The molecule has 2 aromatic heterocycles. The van der Waals surface area contributed by atoms with E-state index in [1.807, 2.05) is 60.0 Å². The molecule has 2 fully saturated rings. The van der Waals surface area contributed by atoms with Crippen molar-refractivity contribution in [3.63, 3.8) is 0 Å². The largest absolute Gasteiger partial charge is 0.291 e. The second kappa shape index (κ2) is 8.17. The quantitative estimate of drug-likeness (QED) is 0.435. The molecule has 6 rings (SSSR count). The Kier molecular flexibility index (Phi) is 5.00. The fraction of sp³-hybridized carbons (Fsp3) is 0.292. The Labute approximate surface area is 194 Å². The first-order valence-corrected chi connectivity index (χ1v) is 12.0. The Hall–Kier alpha value is -3.43. The zero-order valence-corrected chi connectivity index (χ0v) is 18.7. The highest BCUT2D eigenvalue weighted by atomic mass is 32.1. The van der Waals surface area contributed by atoms with E-state index < -0.39 is 6.04 Å². The second-order valence-corrected chi connectivity index (χ2v) is 9.44. The van der Waals surface area contributed by atoms with Crippen LogP contribution < -0.4 is 4.90 Å². The molecule has 2 aromatic carbocycles. The molecule has 4 aromatic rings. The molecular formula is C24H22N6O2S. The zero-order chi connectivity index (χ0) is 22.4. The number of imide groups is 1. The summed E-state index contributed by atoms with van der Waals surface area (Å²) < 4.78 is 0. The lowest BCUT2D eigenvalue weighted by atomic mass is 10.0. The van der Waals surface area contributed by atoms with Crippen LogP contribution in [0.1, 0.15) is 25.3 Å². The van der Waals surface area contributed by atoms with Crippen molar-refractivity contribution in [2.45, 2.75) is 31.3 Å². The highest BCUT2D eigenvalue weighted by molar-refractivity contribution is 7.13. The van der Waals surface area contributed by atoms with Crippen LogP contribution in [-0.2, 0) is 9.59 Å². The standard InChI is InChI=1S/C24H22N6O2S/c31-22-15-20(24(32)29(22)19-8-7-16-4-1-2-5-17(16)14-19)28-11-9-18(10-12-28)30-26-23(25-27-30)21-6-3-13-33-21/h1-8,13-14,18,20H,9-12,15H2/t20-/m0/s1. The Morgan fingerprint density at radius 3 is 2.55 bits per heavy atom. The van der Waals surface area contributed by atoms with Crippen LogP contribution in [0.5, 0.6) is 0 Å². The van der Waals surface area contributed by atoms with E-state index in [1.54, 1.807) is 16.1 Å². The third kappa shape index (κ3) is 3.63. The maximum atomic E-state index is 13.3. The molecule has 0 radical (unpaired) electrons. The number of fused-ring (bicyclic) bond motifs is 1. The SMILES string of the molecule is O=C1C[C@H](N2CCC(n3nnc(-c4cccs4)n3)CC2)C(=O)N1c1ccc2ccccc2c1. The molecule has 2 amide bonds. The number of nitrogens with zero attached hydrogens (tertiary/aromatic N) is 6. The van der Waals surface area contributed by atoms with Crippen LogP contribution in [0.2, 0.25) is 0 Å². The number of tetrazole rings is 1. The maximum Gasteiger partial charge on any atom is 0.251 e. The smallest absolute Gasteiger partial charge is 0.251 e. The molecule has 2 aliphatic heterocycles. The van der Waals surface area contributed by atoms with E-state index in [2.05, 4.69) is 20.3 Å². The van der Waals surface area contributed by atoms with E-state index in [0.29, 0.717) is 11.5 Å². The highest BCUT2D eigenvalue weighted by Gasteiger charge is 2.43. The van der Waals surface area contributed by atoms with Crippen molar-refractivity contribution < 1.29 is 9.59 Å². The van der Waals surface area contributed by atoms with Crippen LogP contribution in [0, 0.1) is 0 Å². The van der Waals surface area contributed by atoms with E-state index in [9.17, 15) is 9.59 Å². The molecular weight excluding hydrogens is 436 g/mol. The van der Waals surface area contributed by atoms with Gasteiger partial charge in [0.15, 0.2) is 0 Å². The monoisotopic (exact) mass is 458 g/mol. The summed E-state index contributed by atoms with van der Waals surface area (Å²) in [5.41, 5.74) is 0.647. The number of amides is 2. The molecule has 2 saturated heterocycles. The van der Waals surface area contributed by atoms with Gasteiger partial charge in [0.05, 0.1) is 29.1 Å². The normalized spacial score (nSPS) is 20.2. The van der Waals surface area contributed by atoms with Crippen LogP contribution in [0.15, 0.2) is 60.0 Å². The average Bonchev–Trinajstić information content (AvgIpc) is 3.60. The Bertz CT molecular complexity index is 1330.